The minimum absolute atomic E-state index is 0.115. The largest absolute Gasteiger partial charge is 0.416 e. The van der Waals surface area contributed by atoms with Gasteiger partial charge in [0.05, 0.1) is 5.56 Å². The summed E-state index contributed by atoms with van der Waals surface area (Å²) in [4.78, 5) is 44.5. The second-order valence-electron chi connectivity index (χ2n) is 11.1. The average molecular weight is 700 g/mol. The molecule has 4 aromatic rings. The van der Waals surface area contributed by atoms with E-state index in [0.717, 1.165) is 28.8 Å². The number of nitrogens with one attached hydrogen (secondary N) is 2. The fourth-order valence-electron chi connectivity index (χ4n) is 4.83. The molecule has 2 N–H and O–H groups in total. The van der Waals surface area contributed by atoms with Gasteiger partial charge in [-0.25, -0.2) is 4.39 Å². The van der Waals surface area contributed by atoms with Gasteiger partial charge in [0.15, 0.2) is 5.16 Å². The Labute approximate surface area is 285 Å². The van der Waals surface area contributed by atoms with E-state index < -0.39 is 17.3 Å². The number of alkyl halides is 3. The van der Waals surface area contributed by atoms with E-state index in [1.165, 1.54) is 43.1 Å². The summed E-state index contributed by atoms with van der Waals surface area (Å²) in [7, 11) is 3.18. The maximum atomic E-state index is 13.8. The zero-order valence-corrected chi connectivity index (χ0v) is 27.9. The van der Waals surface area contributed by atoms with Crippen molar-refractivity contribution in [3.63, 3.8) is 0 Å². The molecule has 260 valence electrons. The molecule has 14 heteroatoms. The lowest BCUT2D eigenvalue weighted by atomic mass is 10.0. The standard InChI is InChI=1S/C35H37F4N5O4S/c1-40-17-18-43(19-24-3-7-26(8-4-24)27-9-11-29(12-10-27)35(37,38)39)32(46)21-44-20-28(15-16-41-31(45)22-48-2)33(47)42-34(44)49-23-25-5-13-30(36)14-6-25/h3-14,20,40H,15-19,21-23H2,1-2H3,(H,41,45). The molecule has 4 rings (SSSR count). The minimum Gasteiger partial charge on any atom is -0.375 e. The smallest absolute Gasteiger partial charge is 0.375 e. The third-order valence-corrected chi connectivity index (χ3v) is 8.53. The number of halogens is 4. The van der Waals surface area contributed by atoms with Crippen molar-refractivity contribution in [1.82, 2.24) is 25.1 Å². The number of methoxy groups -OCH3 is 1. The van der Waals surface area contributed by atoms with Crippen LogP contribution in [0.3, 0.4) is 0 Å². The van der Waals surface area contributed by atoms with E-state index in [2.05, 4.69) is 15.6 Å². The monoisotopic (exact) mass is 699 g/mol. The van der Waals surface area contributed by atoms with Crippen LogP contribution in [-0.4, -0.2) is 66.7 Å². The maximum absolute atomic E-state index is 13.8. The van der Waals surface area contributed by atoms with Gasteiger partial charge in [-0.05, 0) is 60.0 Å². The van der Waals surface area contributed by atoms with Gasteiger partial charge >= 0.3 is 6.18 Å². The second kappa shape index (κ2) is 17.7. The Morgan fingerprint density at radius 3 is 2.18 bits per heavy atom. The number of carbonyl (C=O) groups is 2. The van der Waals surface area contributed by atoms with E-state index >= 15 is 0 Å². The molecule has 0 aliphatic rings. The van der Waals surface area contributed by atoms with Gasteiger partial charge in [-0.15, -0.1) is 0 Å². The summed E-state index contributed by atoms with van der Waals surface area (Å²) in [5.74, 6) is -0.560. The van der Waals surface area contributed by atoms with Crippen LogP contribution in [0.2, 0.25) is 0 Å². The summed E-state index contributed by atoms with van der Waals surface area (Å²) in [6.45, 7) is 1.08. The van der Waals surface area contributed by atoms with E-state index in [1.54, 1.807) is 47.0 Å². The molecule has 2 amide bonds. The fraction of sp³-hybridized carbons (Fsp3) is 0.314. The van der Waals surface area contributed by atoms with E-state index in [0.29, 0.717) is 35.1 Å². The molecular weight excluding hydrogens is 662 g/mol. The van der Waals surface area contributed by atoms with Crippen molar-refractivity contribution in [1.29, 1.82) is 0 Å². The topological polar surface area (TPSA) is 106 Å². The number of aromatic nitrogens is 2. The zero-order chi connectivity index (χ0) is 35.4. The first kappa shape index (κ1) is 37.3. The van der Waals surface area contributed by atoms with Crippen LogP contribution in [0, 0.1) is 5.82 Å². The molecule has 0 atom stereocenters. The number of hydrogen-bond acceptors (Lipinski definition) is 7. The molecule has 3 aromatic carbocycles. The number of nitrogens with zero attached hydrogens (tertiary/aromatic N) is 3. The highest BCUT2D eigenvalue weighted by molar-refractivity contribution is 7.98. The molecule has 0 fully saturated rings. The Hall–Kier alpha value is -4.53. The minimum atomic E-state index is -4.41. The van der Waals surface area contributed by atoms with E-state index in [1.807, 2.05) is 12.1 Å². The summed E-state index contributed by atoms with van der Waals surface area (Å²) in [5, 5.41) is 6.03. The molecule has 0 radical (unpaired) electrons. The Balaban J connectivity index is 1.53. The number of benzene rings is 3. The Kier molecular flexibility index (Phi) is 13.5. The molecule has 0 bridgehead atoms. The number of carbonyl (C=O) groups excluding carboxylic acids is 2. The SMILES string of the molecule is CNCCN(Cc1ccc(-c2ccc(C(F)(F)F)cc2)cc1)C(=O)Cn1cc(CCNC(=O)COC)c(=O)nc1SCc1ccc(F)cc1. The number of ether oxygens (including phenoxy) is 1. The Morgan fingerprint density at radius 1 is 0.939 bits per heavy atom. The first-order valence-corrected chi connectivity index (χ1v) is 16.4. The van der Waals surface area contributed by atoms with Crippen molar-refractivity contribution in [2.45, 2.75) is 36.6 Å². The summed E-state index contributed by atoms with van der Waals surface area (Å²) in [6, 6.07) is 18.1. The molecule has 0 spiro atoms. The molecule has 0 aliphatic carbocycles. The maximum Gasteiger partial charge on any atom is 0.416 e. The van der Waals surface area contributed by atoms with Gasteiger partial charge < -0.3 is 24.8 Å². The van der Waals surface area contributed by atoms with Crippen LogP contribution in [-0.2, 0) is 45.8 Å². The summed E-state index contributed by atoms with van der Waals surface area (Å²) >= 11 is 1.24. The molecule has 9 nitrogen and oxygen atoms in total. The van der Waals surface area contributed by atoms with Crippen molar-refractivity contribution in [3.8, 4) is 11.1 Å². The lowest BCUT2D eigenvalue weighted by Gasteiger charge is -2.24. The van der Waals surface area contributed by atoms with Crippen LogP contribution in [0.25, 0.3) is 11.1 Å². The molecule has 0 unspecified atom stereocenters. The Bertz CT molecular complexity index is 1750. The van der Waals surface area contributed by atoms with Gasteiger partial charge in [-0.2, -0.15) is 18.2 Å². The van der Waals surface area contributed by atoms with Crippen LogP contribution >= 0.6 is 11.8 Å². The van der Waals surface area contributed by atoms with Crippen LogP contribution in [0.1, 0.15) is 22.3 Å². The van der Waals surface area contributed by atoms with Crippen molar-refractivity contribution in [2.75, 3.05) is 40.4 Å². The van der Waals surface area contributed by atoms with Crippen LogP contribution in [0.15, 0.2) is 88.9 Å². The number of amides is 2. The third-order valence-electron chi connectivity index (χ3n) is 7.47. The van der Waals surface area contributed by atoms with Gasteiger partial charge in [0.25, 0.3) is 5.56 Å². The highest BCUT2D eigenvalue weighted by Gasteiger charge is 2.30. The van der Waals surface area contributed by atoms with Gasteiger partial charge in [-0.1, -0.05) is 60.3 Å². The number of rotatable bonds is 16. The lowest BCUT2D eigenvalue weighted by Crippen LogP contribution is -2.38. The van der Waals surface area contributed by atoms with Gasteiger partial charge in [-0.3, -0.25) is 14.4 Å². The molecule has 49 heavy (non-hydrogen) atoms. The van der Waals surface area contributed by atoms with E-state index in [9.17, 15) is 31.9 Å². The fourth-order valence-corrected chi connectivity index (χ4v) is 5.75. The van der Waals surface area contributed by atoms with Crippen LogP contribution in [0.4, 0.5) is 17.6 Å². The molecule has 0 saturated carbocycles. The summed E-state index contributed by atoms with van der Waals surface area (Å²) < 4.78 is 58.8. The Morgan fingerprint density at radius 2 is 1.57 bits per heavy atom. The highest BCUT2D eigenvalue weighted by atomic mass is 32.2. The number of likely N-dealkylation sites (N-methyl/N-ethyl adjacent to an activating group) is 1. The van der Waals surface area contributed by atoms with Gasteiger partial charge in [0, 0.05) is 50.8 Å². The molecule has 0 aliphatic heterocycles. The first-order valence-electron chi connectivity index (χ1n) is 15.4. The molecule has 1 heterocycles. The van der Waals surface area contributed by atoms with E-state index in [4.69, 9.17) is 4.74 Å². The predicted octanol–water partition coefficient (Wildman–Crippen LogP) is 4.91. The van der Waals surface area contributed by atoms with Crippen LogP contribution in [0.5, 0.6) is 0 Å². The average Bonchev–Trinajstić information content (AvgIpc) is 3.08. The number of thioether (sulfide) groups is 1. The van der Waals surface area contributed by atoms with Crippen molar-refractivity contribution >= 4 is 23.6 Å². The molecular formula is C35H37F4N5O4S. The van der Waals surface area contributed by atoms with Gasteiger partial charge in [0.2, 0.25) is 11.8 Å². The lowest BCUT2D eigenvalue weighted by molar-refractivity contribution is -0.137. The molecule has 0 saturated heterocycles. The summed E-state index contributed by atoms with van der Waals surface area (Å²) in [5.41, 5.74) is 2.11. The second-order valence-corrected chi connectivity index (χ2v) is 12.1. The highest BCUT2D eigenvalue weighted by Crippen LogP contribution is 2.31. The van der Waals surface area contributed by atoms with Crippen LogP contribution < -0.4 is 16.2 Å². The normalized spacial score (nSPS) is 11.4. The van der Waals surface area contributed by atoms with Crippen molar-refractivity contribution in [2.24, 2.45) is 0 Å². The van der Waals surface area contributed by atoms with Crippen molar-refractivity contribution in [3.05, 3.63) is 117 Å². The van der Waals surface area contributed by atoms with E-state index in [-0.39, 0.29) is 50.3 Å². The van der Waals surface area contributed by atoms with Gasteiger partial charge in [0.1, 0.15) is 19.0 Å². The molecule has 1 aromatic heterocycles. The third kappa shape index (κ3) is 11.3. The number of hydrogen-bond donors (Lipinski definition) is 2. The first-order chi connectivity index (χ1) is 23.5. The summed E-state index contributed by atoms with van der Waals surface area (Å²) in [6.07, 6.45) is -2.65. The predicted molar refractivity (Wildman–Crippen MR) is 179 cm³/mol. The van der Waals surface area contributed by atoms with Crippen molar-refractivity contribution < 1.29 is 31.9 Å². The quantitative estimate of drug-likeness (QED) is 0.0973. The zero-order valence-electron chi connectivity index (χ0n) is 27.1.